The average Bonchev–Trinajstić information content (AvgIpc) is 2.62. The Bertz CT molecular complexity index is 648. The maximum absolute atomic E-state index is 12.5. The van der Waals surface area contributed by atoms with Gasteiger partial charge in [0, 0.05) is 13.0 Å². The summed E-state index contributed by atoms with van der Waals surface area (Å²) >= 11 is 0. The van der Waals surface area contributed by atoms with E-state index in [4.69, 9.17) is 5.21 Å². The van der Waals surface area contributed by atoms with Crippen LogP contribution in [-0.4, -0.2) is 39.2 Å². The normalized spacial score (nSPS) is 12.4. The van der Waals surface area contributed by atoms with Crippen LogP contribution < -0.4 is 10.2 Å². The Morgan fingerprint density at radius 1 is 1.16 bits per heavy atom. The van der Waals surface area contributed by atoms with Crippen LogP contribution in [0.4, 0.5) is 0 Å². The molecule has 0 fully saturated rings. The zero-order chi connectivity index (χ0) is 18.7. The molecule has 0 saturated carbocycles. The quantitative estimate of drug-likeness (QED) is 0.233. The lowest BCUT2D eigenvalue weighted by Gasteiger charge is -2.18. The van der Waals surface area contributed by atoms with Crippen LogP contribution >= 0.6 is 0 Å². The molecule has 0 aromatic heterocycles. The number of hydrogen-bond acceptors (Lipinski definition) is 6. The number of hydrogen-bond donors (Lipinski definition) is 3. The minimum Gasteiger partial charge on any atom is -0.469 e. The van der Waals surface area contributed by atoms with E-state index in [1.54, 1.807) is 30.3 Å². The second kappa shape index (κ2) is 10.8. The number of rotatable bonds is 11. The fraction of sp³-hybridized carbons (Fsp3) is 0.500. The third-order valence-electron chi connectivity index (χ3n) is 3.63. The average molecular weight is 372 g/mol. The van der Waals surface area contributed by atoms with Crippen LogP contribution in [0.5, 0.6) is 0 Å². The number of esters is 1. The molecule has 0 aliphatic rings. The molecule has 3 N–H and O–H groups in total. The first kappa shape index (κ1) is 21.1. The zero-order valence-corrected chi connectivity index (χ0v) is 14.9. The fourth-order valence-corrected chi connectivity index (χ4v) is 3.79. The van der Waals surface area contributed by atoms with Gasteiger partial charge in [-0.3, -0.25) is 14.8 Å². The molecule has 25 heavy (non-hydrogen) atoms. The fourth-order valence-electron chi connectivity index (χ4n) is 2.28. The molecule has 1 rings (SSSR count). The minimum absolute atomic E-state index is 0.202. The SMILES string of the molecule is COC(=O)CCCCCNS(=O)(=O)C(CC(=O)NO)c1ccccc1. The highest BCUT2D eigenvalue weighted by molar-refractivity contribution is 7.89. The number of methoxy groups -OCH3 is 1. The number of carbonyl (C=O) groups is 2. The summed E-state index contributed by atoms with van der Waals surface area (Å²) in [5.41, 5.74) is 1.92. The molecule has 1 aromatic rings. The third kappa shape index (κ3) is 7.63. The molecule has 1 aromatic carbocycles. The van der Waals surface area contributed by atoms with Crippen molar-refractivity contribution in [1.29, 1.82) is 0 Å². The van der Waals surface area contributed by atoms with E-state index in [0.717, 1.165) is 0 Å². The Kier molecular flexibility index (Phi) is 9.11. The first-order chi connectivity index (χ1) is 11.9. The van der Waals surface area contributed by atoms with E-state index >= 15 is 0 Å². The summed E-state index contributed by atoms with van der Waals surface area (Å²) < 4.78 is 32.1. The molecule has 0 radical (unpaired) electrons. The van der Waals surface area contributed by atoms with Gasteiger partial charge in [-0.1, -0.05) is 36.8 Å². The van der Waals surface area contributed by atoms with E-state index in [1.165, 1.54) is 12.6 Å². The smallest absolute Gasteiger partial charge is 0.305 e. The molecular formula is C16H24N2O6S. The largest absolute Gasteiger partial charge is 0.469 e. The maximum atomic E-state index is 12.5. The maximum Gasteiger partial charge on any atom is 0.305 e. The van der Waals surface area contributed by atoms with Crippen molar-refractivity contribution in [1.82, 2.24) is 10.2 Å². The van der Waals surface area contributed by atoms with Crippen LogP contribution in [0.15, 0.2) is 30.3 Å². The van der Waals surface area contributed by atoms with Crippen LogP contribution in [0.2, 0.25) is 0 Å². The highest BCUT2D eigenvalue weighted by Crippen LogP contribution is 2.25. The first-order valence-electron chi connectivity index (χ1n) is 7.94. The lowest BCUT2D eigenvalue weighted by atomic mass is 10.1. The molecule has 0 aliphatic heterocycles. The monoisotopic (exact) mass is 372 g/mol. The molecule has 0 bridgehead atoms. The summed E-state index contributed by atoms with van der Waals surface area (Å²) in [5, 5.41) is 7.58. The highest BCUT2D eigenvalue weighted by Gasteiger charge is 2.29. The van der Waals surface area contributed by atoms with Crippen molar-refractivity contribution in [3.63, 3.8) is 0 Å². The number of sulfonamides is 1. The van der Waals surface area contributed by atoms with E-state index < -0.39 is 27.6 Å². The Morgan fingerprint density at radius 2 is 1.84 bits per heavy atom. The van der Waals surface area contributed by atoms with Crippen LogP contribution in [0.3, 0.4) is 0 Å². The number of benzene rings is 1. The lowest BCUT2D eigenvalue weighted by molar-refractivity contribution is -0.140. The van der Waals surface area contributed by atoms with Crippen molar-refractivity contribution in [3.05, 3.63) is 35.9 Å². The van der Waals surface area contributed by atoms with Crippen molar-refractivity contribution in [2.75, 3.05) is 13.7 Å². The summed E-state index contributed by atoms with van der Waals surface area (Å²) in [6.07, 6.45) is 1.75. The summed E-state index contributed by atoms with van der Waals surface area (Å²) in [5.74, 6) is -1.07. The van der Waals surface area contributed by atoms with Crippen LogP contribution in [0, 0.1) is 0 Å². The molecule has 8 nitrogen and oxygen atoms in total. The van der Waals surface area contributed by atoms with Crippen LogP contribution in [-0.2, 0) is 24.3 Å². The molecule has 1 amide bonds. The van der Waals surface area contributed by atoms with E-state index in [-0.39, 0.29) is 12.5 Å². The highest BCUT2D eigenvalue weighted by atomic mass is 32.2. The molecular weight excluding hydrogens is 348 g/mol. The van der Waals surface area contributed by atoms with E-state index in [2.05, 4.69) is 9.46 Å². The van der Waals surface area contributed by atoms with E-state index in [1.807, 2.05) is 0 Å². The van der Waals surface area contributed by atoms with Gasteiger partial charge in [0.25, 0.3) is 0 Å². The van der Waals surface area contributed by atoms with Gasteiger partial charge in [0.05, 0.1) is 13.5 Å². The van der Waals surface area contributed by atoms with Gasteiger partial charge < -0.3 is 4.74 Å². The minimum atomic E-state index is -3.80. The van der Waals surface area contributed by atoms with Crippen molar-refractivity contribution >= 4 is 21.9 Å². The van der Waals surface area contributed by atoms with Crippen molar-refractivity contribution < 1.29 is 28.0 Å². The molecule has 1 unspecified atom stereocenters. The molecule has 1 atom stereocenters. The number of nitrogens with one attached hydrogen (secondary N) is 2. The van der Waals surface area contributed by atoms with E-state index in [9.17, 15) is 18.0 Å². The topological polar surface area (TPSA) is 122 Å². The number of carbonyl (C=O) groups excluding carboxylic acids is 2. The summed E-state index contributed by atoms with van der Waals surface area (Å²) in [7, 11) is -2.48. The van der Waals surface area contributed by atoms with E-state index in [0.29, 0.717) is 31.2 Å². The predicted octanol–water partition coefficient (Wildman–Crippen LogP) is 1.28. The number of ether oxygens (including phenoxy) is 1. The molecule has 9 heteroatoms. The van der Waals surface area contributed by atoms with Gasteiger partial charge in [0.2, 0.25) is 15.9 Å². The number of unbranched alkanes of at least 4 members (excludes halogenated alkanes) is 2. The van der Waals surface area contributed by atoms with Gasteiger partial charge in [-0.2, -0.15) is 0 Å². The van der Waals surface area contributed by atoms with Crippen molar-refractivity contribution in [3.8, 4) is 0 Å². The molecule has 0 aliphatic carbocycles. The van der Waals surface area contributed by atoms with Gasteiger partial charge in [0.15, 0.2) is 0 Å². The van der Waals surface area contributed by atoms with Crippen LogP contribution in [0.25, 0.3) is 0 Å². The Labute approximate surface area is 147 Å². The van der Waals surface area contributed by atoms with Gasteiger partial charge >= 0.3 is 5.97 Å². The molecule has 140 valence electrons. The Morgan fingerprint density at radius 3 is 2.44 bits per heavy atom. The van der Waals surface area contributed by atoms with Gasteiger partial charge in [-0.05, 0) is 18.4 Å². The molecule has 0 spiro atoms. The summed E-state index contributed by atoms with van der Waals surface area (Å²) in [6, 6.07) is 8.34. The van der Waals surface area contributed by atoms with Crippen LogP contribution in [0.1, 0.15) is 42.9 Å². The standard InChI is InChI=1S/C16H24N2O6S/c1-24-16(20)10-6-3-7-11-17-25(22,23)14(12-15(19)18-21)13-8-4-2-5-9-13/h2,4-5,8-9,14,17,21H,3,6-7,10-12H2,1H3,(H,18,19). The third-order valence-corrected chi connectivity index (χ3v) is 5.42. The predicted molar refractivity (Wildman–Crippen MR) is 91.1 cm³/mol. The van der Waals surface area contributed by atoms with Gasteiger partial charge in [-0.25, -0.2) is 18.6 Å². The number of amides is 1. The summed E-state index contributed by atoms with van der Waals surface area (Å²) in [4.78, 5) is 22.4. The Balaban J connectivity index is 2.61. The van der Waals surface area contributed by atoms with Crippen molar-refractivity contribution in [2.24, 2.45) is 0 Å². The lowest BCUT2D eigenvalue weighted by Crippen LogP contribution is -2.33. The van der Waals surface area contributed by atoms with Gasteiger partial charge in [0.1, 0.15) is 5.25 Å². The summed E-state index contributed by atoms with van der Waals surface area (Å²) in [6.45, 7) is 0.202. The Hall–Kier alpha value is -1.97. The molecule has 0 heterocycles. The molecule has 0 saturated heterocycles. The second-order valence-corrected chi connectivity index (χ2v) is 7.41. The second-order valence-electron chi connectivity index (χ2n) is 5.46. The van der Waals surface area contributed by atoms with Crippen molar-refractivity contribution in [2.45, 2.75) is 37.4 Å². The number of hydroxylamine groups is 1. The first-order valence-corrected chi connectivity index (χ1v) is 9.48. The zero-order valence-electron chi connectivity index (χ0n) is 14.1. The van der Waals surface area contributed by atoms with Gasteiger partial charge in [-0.15, -0.1) is 0 Å².